The summed E-state index contributed by atoms with van der Waals surface area (Å²) in [7, 11) is 0. The molecule has 0 N–H and O–H groups in total. The molecule has 4 heteroatoms. The minimum absolute atomic E-state index is 0.750. The molecule has 0 amide bonds. The van der Waals surface area contributed by atoms with Gasteiger partial charge in [-0.05, 0) is 24.0 Å². The van der Waals surface area contributed by atoms with Gasteiger partial charge in [-0.25, -0.2) is 0 Å². The summed E-state index contributed by atoms with van der Waals surface area (Å²) in [6, 6.07) is 21.0. The average Bonchev–Trinajstić information content (AvgIpc) is 2.80. The molecule has 0 fully saturated rings. The van der Waals surface area contributed by atoms with Gasteiger partial charge in [0.25, 0.3) is 0 Å². The summed E-state index contributed by atoms with van der Waals surface area (Å²) in [6.45, 7) is 18.8. The predicted molar refractivity (Wildman–Crippen MR) is 166 cm³/mol. The molecular weight excluding hydrogens is 528 g/mol. The number of allylic oxidation sites excluding steroid dienone is 7. The van der Waals surface area contributed by atoms with Crippen molar-refractivity contribution < 1.29 is 35.8 Å². The van der Waals surface area contributed by atoms with E-state index in [1.807, 2.05) is 43.9 Å². The Morgan fingerprint density at radius 2 is 0.900 bits per heavy atom. The Labute approximate surface area is 258 Å². The van der Waals surface area contributed by atoms with E-state index in [0.717, 1.165) is 12.8 Å². The molecule has 0 heterocycles. The number of rotatable bonds is 6. The summed E-state index contributed by atoms with van der Waals surface area (Å²) in [6.07, 6.45) is 14.8. The van der Waals surface area contributed by atoms with Crippen molar-refractivity contribution in [2.45, 2.75) is 106 Å². The van der Waals surface area contributed by atoms with Gasteiger partial charge in [-0.15, -0.1) is 16.8 Å². The molecular formula is C36H54O3Ti. The first-order valence-electron chi connectivity index (χ1n) is 13.7. The maximum absolute atomic E-state index is 10.1. The average molecular weight is 583 g/mol. The molecule has 0 bridgehead atoms. The van der Waals surface area contributed by atoms with Crippen LogP contribution in [0.3, 0.4) is 0 Å². The van der Waals surface area contributed by atoms with E-state index in [1.54, 1.807) is 62.3 Å². The number of benzene rings is 2. The summed E-state index contributed by atoms with van der Waals surface area (Å²) in [5.41, 5.74) is 1.78. The predicted octanol–water partition coefficient (Wildman–Crippen LogP) is 7.03. The van der Waals surface area contributed by atoms with E-state index in [0.29, 0.717) is 0 Å². The summed E-state index contributed by atoms with van der Waals surface area (Å²) in [5, 5.41) is 30.3. The van der Waals surface area contributed by atoms with Crippen molar-refractivity contribution in [1.82, 2.24) is 0 Å². The minimum atomic E-state index is -0.750. The fourth-order valence-corrected chi connectivity index (χ4v) is 2.43. The van der Waals surface area contributed by atoms with Gasteiger partial charge < -0.3 is 15.3 Å². The van der Waals surface area contributed by atoms with Crippen LogP contribution in [0.4, 0.5) is 0 Å². The molecule has 0 aliphatic rings. The normalized spacial score (nSPS) is 11.9. The van der Waals surface area contributed by atoms with Crippen molar-refractivity contribution in [3.63, 3.8) is 0 Å². The summed E-state index contributed by atoms with van der Waals surface area (Å²) in [4.78, 5) is 0. The van der Waals surface area contributed by atoms with Gasteiger partial charge >= 0.3 is 56.4 Å². The van der Waals surface area contributed by atoms with E-state index in [9.17, 15) is 15.3 Å². The molecule has 0 spiro atoms. The van der Waals surface area contributed by atoms with Crippen LogP contribution in [0.2, 0.25) is 0 Å². The molecule has 0 atom stereocenters. The van der Waals surface area contributed by atoms with Crippen LogP contribution in [-0.4, -0.2) is 16.8 Å². The Morgan fingerprint density at radius 3 is 1.10 bits per heavy atom. The van der Waals surface area contributed by atoms with Crippen molar-refractivity contribution >= 4 is 0 Å². The Bertz CT molecular complexity index is 841. The zero-order chi connectivity index (χ0) is 31.7. The van der Waals surface area contributed by atoms with E-state index in [4.69, 9.17) is 0 Å². The van der Waals surface area contributed by atoms with Crippen molar-refractivity contribution in [2.24, 2.45) is 0 Å². The van der Waals surface area contributed by atoms with Crippen LogP contribution in [0, 0.1) is 0 Å². The zero-order valence-corrected chi connectivity index (χ0v) is 28.5. The van der Waals surface area contributed by atoms with Crippen molar-refractivity contribution in [1.29, 1.82) is 0 Å². The first-order valence-corrected chi connectivity index (χ1v) is 14.6. The molecule has 0 radical (unpaired) electrons. The van der Waals surface area contributed by atoms with Gasteiger partial charge in [0.1, 0.15) is 0 Å². The standard InChI is InChI=1S/C18H18.C6H9.3C4H9O.Ti/c1(5-11-17-13-7-3-8-14-17)2-6-12-18-15-9-4-10-16-18;1-4-6(3)5-2;3*1-4(2,3)5;/h1-10,13-16H,11-12H2;1,4-5H,2-3H3;3*1-3H3;/q;;3*-1;+3. The second-order valence-corrected chi connectivity index (χ2v) is 12.5. The molecule has 2 aromatic carbocycles. The van der Waals surface area contributed by atoms with Gasteiger partial charge in [-0.3, -0.25) is 0 Å². The van der Waals surface area contributed by atoms with Crippen LogP contribution < -0.4 is 15.3 Å². The van der Waals surface area contributed by atoms with E-state index < -0.39 is 16.8 Å². The molecule has 0 aromatic heterocycles. The van der Waals surface area contributed by atoms with Crippen molar-refractivity contribution in [3.8, 4) is 0 Å². The second kappa shape index (κ2) is 24.8. The number of hydrogen-bond donors (Lipinski definition) is 0. The third-order valence-electron chi connectivity index (χ3n) is 3.58. The quantitative estimate of drug-likeness (QED) is 0.271. The number of hydrogen-bond acceptors (Lipinski definition) is 3. The third kappa shape index (κ3) is 56.2. The van der Waals surface area contributed by atoms with Crippen LogP contribution >= 0.6 is 0 Å². The van der Waals surface area contributed by atoms with Crippen molar-refractivity contribution in [3.05, 3.63) is 118 Å². The maximum atomic E-state index is 10.1. The van der Waals surface area contributed by atoms with Gasteiger partial charge in [0.2, 0.25) is 0 Å². The van der Waals surface area contributed by atoms with Gasteiger partial charge in [-0.2, -0.15) is 0 Å². The topological polar surface area (TPSA) is 69.2 Å². The molecule has 0 saturated carbocycles. The van der Waals surface area contributed by atoms with E-state index in [2.05, 4.69) is 91.9 Å². The Kier molecular flexibility index (Phi) is 26.3. The van der Waals surface area contributed by atoms with Crippen LogP contribution in [0.5, 0.6) is 0 Å². The fraction of sp³-hybridized carbons (Fsp3) is 0.444. The molecule has 3 nitrogen and oxygen atoms in total. The first kappa shape index (κ1) is 42.5. The van der Waals surface area contributed by atoms with E-state index in [1.165, 1.54) is 16.7 Å². The SMILES string of the molecule is C(C=CCc1ccccc1)=CCc1ccccc1.CC(C)(C)[O-].CC(C)(C)[O-].CC(C)(C)[O-].CC=C(C)C=[CH][Ti+3]. The Hall–Kier alpha value is -2.01. The van der Waals surface area contributed by atoms with Gasteiger partial charge in [0, 0.05) is 0 Å². The van der Waals surface area contributed by atoms with Crippen LogP contribution in [-0.2, 0) is 33.3 Å². The Balaban J connectivity index is -0.000000514. The monoisotopic (exact) mass is 582 g/mol. The Morgan fingerprint density at radius 1 is 0.625 bits per heavy atom. The van der Waals surface area contributed by atoms with Gasteiger partial charge in [-0.1, -0.05) is 147 Å². The van der Waals surface area contributed by atoms with Gasteiger partial charge in [0.15, 0.2) is 0 Å². The molecule has 0 aliphatic heterocycles. The third-order valence-corrected chi connectivity index (χ3v) is 3.84. The second-order valence-electron chi connectivity index (χ2n) is 11.9. The van der Waals surface area contributed by atoms with E-state index in [-0.39, 0.29) is 0 Å². The zero-order valence-electron chi connectivity index (χ0n) is 27.0. The molecule has 40 heavy (non-hydrogen) atoms. The summed E-state index contributed by atoms with van der Waals surface area (Å²) < 4.78 is 2.04. The van der Waals surface area contributed by atoms with Gasteiger partial charge in [0.05, 0.1) is 0 Å². The van der Waals surface area contributed by atoms with Crippen LogP contribution in [0.1, 0.15) is 87.3 Å². The molecule has 220 valence electrons. The molecule has 2 rings (SSSR count). The van der Waals surface area contributed by atoms with E-state index >= 15 is 0 Å². The molecule has 0 saturated heterocycles. The van der Waals surface area contributed by atoms with Crippen LogP contribution in [0.25, 0.3) is 0 Å². The molecule has 0 aliphatic carbocycles. The molecule has 2 aromatic rings. The fourth-order valence-electron chi connectivity index (χ4n) is 2.02. The molecule has 0 unspecified atom stereocenters. The van der Waals surface area contributed by atoms with Crippen LogP contribution in [0.15, 0.2) is 107 Å². The summed E-state index contributed by atoms with van der Waals surface area (Å²) >= 11 is 2.02. The first-order chi connectivity index (χ1) is 18.3. The summed E-state index contributed by atoms with van der Waals surface area (Å²) in [5.74, 6) is 0. The van der Waals surface area contributed by atoms with Crippen molar-refractivity contribution in [2.75, 3.05) is 0 Å².